The Kier molecular flexibility index (Phi) is 29.1. The molecule has 115 heavy (non-hydrogen) atoms. The van der Waals surface area contributed by atoms with Crippen molar-refractivity contribution >= 4 is 59.5 Å². The number of hydrogen-bond acceptors (Lipinski definition) is 25. The number of amides is 7. The number of unbranched alkanes of at least 4 members (excludes halogenated alkanes) is 8. The van der Waals surface area contributed by atoms with E-state index in [1.165, 1.54) is 50.4 Å². The molecule has 7 amide bonds. The number of primary amides is 1. The van der Waals surface area contributed by atoms with Crippen molar-refractivity contribution in [1.29, 1.82) is 0 Å². The van der Waals surface area contributed by atoms with Gasteiger partial charge in [0.15, 0.2) is 29.9 Å². The Labute approximate surface area is 664 Å². The number of carboxylic acid groups (broad SMARTS) is 1. The van der Waals surface area contributed by atoms with E-state index in [9.17, 15) is 65.4 Å². The first kappa shape index (κ1) is 87.1. The predicted octanol–water partition coefficient (Wildman–Crippen LogP) is 4.77. The maximum atomic E-state index is 16.5. The summed E-state index contributed by atoms with van der Waals surface area (Å²) in [6, 6.07) is 1.34. The van der Waals surface area contributed by atoms with E-state index in [1.807, 2.05) is 26.8 Å². The number of nitrogens with one attached hydrogen (secondary N) is 7. The molecule has 7 aliphatic heterocycles. The van der Waals surface area contributed by atoms with E-state index in [0.29, 0.717) is 19.3 Å². The first-order valence-corrected chi connectivity index (χ1v) is 38.7. The Bertz CT molecular complexity index is 4440. The van der Waals surface area contributed by atoms with Gasteiger partial charge in [0.25, 0.3) is 0 Å². The lowest BCUT2D eigenvalue weighted by molar-refractivity contribution is -0.333. The van der Waals surface area contributed by atoms with Gasteiger partial charge in [-0.1, -0.05) is 109 Å². The highest BCUT2D eigenvalue weighted by molar-refractivity contribution is 6.00. The summed E-state index contributed by atoms with van der Waals surface area (Å²) in [5, 5.41) is 135. The minimum atomic E-state index is -2.31. The number of aliphatic hydroxyl groups excluding tert-OH is 6. The molecule has 21 N–H and O–H groups in total. The molecule has 5 aromatic carbocycles. The van der Waals surface area contributed by atoms with E-state index in [1.54, 1.807) is 25.2 Å². The van der Waals surface area contributed by atoms with Crippen LogP contribution in [0.5, 0.6) is 46.0 Å². The molecule has 0 saturated carbocycles. The van der Waals surface area contributed by atoms with Crippen molar-refractivity contribution in [3.8, 4) is 57.1 Å². The summed E-state index contributed by atoms with van der Waals surface area (Å²) < 4.78 is 40.2. The van der Waals surface area contributed by atoms with Crippen molar-refractivity contribution < 1.29 is 118 Å². The van der Waals surface area contributed by atoms with Crippen LogP contribution in [0.4, 0.5) is 0 Å². The average Bonchev–Trinajstić information content (AvgIpc) is 0.764. The normalized spacial score (nSPS) is 27.5. The minimum Gasteiger partial charge on any atom is -0.508 e. The van der Waals surface area contributed by atoms with Crippen molar-refractivity contribution in [2.45, 2.75) is 234 Å². The molecule has 33 heteroatoms. The van der Waals surface area contributed by atoms with Gasteiger partial charge in [-0.15, -0.1) is 0 Å². The molecule has 0 spiro atoms. The molecule has 2 saturated heterocycles. The standard InChI is InChI=1S/C82H105N9O24/c1-8-10-12-14-16-18-20-41-29-44-23-26-54(41)111-56-32-46-33-57(71(56)115-81-72(70(100)69(99)58(38-92)113-81)114-60-37-82(6,84)73(101)40(5)110-60)112-55-27-24-45(30-42(55)21-19-17-15-13-11-9-2)68(98)66-79(107)89-64(80(108)109)49-34-47(93)35-53(95)61(49)48-31-43(22-25-52(48)94)62(76(104)91-66)88-77(105)63(46)87-75(103)51(36-59(83)96)86-78(106)65(67(44)97)90-74(102)50(85-7)28-39(3)4/h18-27,29-35,39-40,50-51,58,60,62-70,72-73,81,85,92-95,97-101H,8-17,28,36-38,84H2,1-7H3,(H2,83,96)(H,86,106)(H,87,103)(H,88,105)(H,89,107)(H,90,102)(H,91,104)(H,108,109)/b20-18+,21-19+/t40-,50+,51-,58+,60-,62+,63+,64-,65+,66-,67+,68+,69+,70-,72+,73+,81-,82-/m0/s1. The predicted molar refractivity (Wildman–Crippen MR) is 415 cm³/mol. The Morgan fingerprint density at radius 1 is 0.670 bits per heavy atom. The summed E-state index contributed by atoms with van der Waals surface area (Å²) in [5.41, 5.74) is 9.05. The zero-order chi connectivity index (χ0) is 83.4. The van der Waals surface area contributed by atoms with Gasteiger partial charge in [0.05, 0.1) is 31.3 Å². The smallest absolute Gasteiger partial charge is 0.330 e. The van der Waals surface area contributed by atoms with Crippen LogP contribution < -0.4 is 62.9 Å². The molecule has 0 aromatic heterocycles. The zero-order valence-electron chi connectivity index (χ0n) is 64.9. The second kappa shape index (κ2) is 38.4. The second-order valence-corrected chi connectivity index (χ2v) is 30.4. The fourth-order valence-electron chi connectivity index (χ4n) is 14.7. The van der Waals surface area contributed by atoms with E-state index >= 15 is 24.0 Å². The van der Waals surface area contributed by atoms with Crippen LogP contribution in [0.15, 0.2) is 91.0 Å². The van der Waals surface area contributed by atoms with E-state index in [2.05, 4.69) is 44.1 Å². The highest BCUT2D eigenvalue weighted by atomic mass is 16.8. The topological polar surface area (TPSA) is 530 Å². The number of phenolic OH excluding ortho intramolecular Hbond substituents is 3. The number of likely N-dealkylation sites (N-methyl/N-ethyl adjacent to an activating group) is 1. The molecule has 12 rings (SSSR count). The molecule has 11 bridgehead atoms. The third-order valence-corrected chi connectivity index (χ3v) is 21.0. The second-order valence-electron chi connectivity index (χ2n) is 30.4. The van der Waals surface area contributed by atoms with Crippen LogP contribution >= 0.6 is 0 Å². The van der Waals surface area contributed by atoms with E-state index in [0.717, 1.165) is 87.4 Å². The Morgan fingerprint density at radius 3 is 1.83 bits per heavy atom. The van der Waals surface area contributed by atoms with Crippen LogP contribution in [0.25, 0.3) is 23.3 Å². The fourth-order valence-corrected chi connectivity index (χ4v) is 14.7. The summed E-state index contributed by atoms with van der Waals surface area (Å²) in [6.07, 6.45) is -3.74. The molecule has 2 fully saturated rings. The number of aliphatic hydroxyl groups is 6. The van der Waals surface area contributed by atoms with Gasteiger partial charge in [-0.25, -0.2) is 4.79 Å². The number of phenols is 3. The molecule has 33 nitrogen and oxygen atoms in total. The lowest BCUT2D eigenvalue weighted by Crippen LogP contribution is -2.64. The van der Waals surface area contributed by atoms with Crippen LogP contribution in [-0.4, -0.2) is 191 Å². The number of carbonyl (C=O) groups excluding carboxylic acids is 7. The number of carboxylic acids is 1. The monoisotopic (exact) mass is 1600 g/mol. The lowest BCUT2D eigenvalue weighted by atomic mass is 9.86. The van der Waals surface area contributed by atoms with Crippen molar-refractivity contribution in [3.05, 3.63) is 130 Å². The van der Waals surface area contributed by atoms with Gasteiger partial charge >= 0.3 is 5.97 Å². The molecule has 0 unspecified atom stereocenters. The lowest BCUT2D eigenvalue weighted by Gasteiger charge is -2.47. The number of hydrogen-bond donors (Lipinski definition) is 19. The van der Waals surface area contributed by atoms with Crippen LogP contribution in [-0.2, 0) is 52.6 Å². The van der Waals surface area contributed by atoms with Crippen molar-refractivity contribution in [3.63, 3.8) is 0 Å². The highest BCUT2D eigenvalue weighted by Gasteiger charge is 2.52. The third-order valence-electron chi connectivity index (χ3n) is 21.0. The van der Waals surface area contributed by atoms with Crippen molar-refractivity contribution in [2.75, 3.05) is 13.7 Å². The summed E-state index contributed by atoms with van der Waals surface area (Å²) in [5.74, 6) is -14.7. The Balaban J connectivity index is 1.31. The molecule has 5 aromatic rings. The number of nitrogens with two attached hydrogens (primary N) is 2. The van der Waals surface area contributed by atoms with Gasteiger partial charge in [-0.05, 0) is 136 Å². The number of rotatable bonds is 25. The van der Waals surface area contributed by atoms with E-state index in [4.69, 9.17) is 39.9 Å². The van der Waals surface area contributed by atoms with Gasteiger partial charge in [0.1, 0.15) is 89.5 Å². The quantitative estimate of drug-likeness (QED) is 0.0350. The first-order chi connectivity index (χ1) is 54.7. The largest absolute Gasteiger partial charge is 0.508 e. The number of allylic oxidation sites excluding steroid dienone is 2. The van der Waals surface area contributed by atoms with Crippen LogP contribution in [0, 0.1) is 5.92 Å². The van der Waals surface area contributed by atoms with Gasteiger partial charge in [0, 0.05) is 45.8 Å². The number of fused-ring (bicyclic) bond motifs is 15. The van der Waals surface area contributed by atoms with Crippen LogP contribution in [0.3, 0.4) is 0 Å². The number of carbonyl (C=O) groups is 8. The van der Waals surface area contributed by atoms with Crippen molar-refractivity contribution in [1.82, 2.24) is 37.2 Å². The van der Waals surface area contributed by atoms with E-state index in [-0.39, 0.29) is 63.6 Å². The average molecular weight is 1600 g/mol. The maximum absolute atomic E-state index is 16.5. The summed E-state index contributed by atoms with van der Waals surface area (Å²) >= 11 is 0. The number of aromatic hydroxyl groups is 3. The summed E-state index contributed by atoms with van der Waals surface area (Å²) in [6.45, 7) is 9.92. The van der Waals surface area contributed by atoms with Gasteiger partial charge < -0.3 is 128 Å². The Hall–Kier alpha value is -10.3. The molecular formula is C82H105N9O24. The van der Waals surface area contributed by atoms with Crippen molar-refractivity contribution in [2.24, 2.45) is 17.4 Å². The van der Waals surface area contributed by atoms with Crippen LogP contribution in [0.1, 0.15) is 194 Å². The SMILES string of the molecule is CCCCCC/C=C/c1cc2ccc1Oc1cc3cc(c1O[C@@H]1O[C@H](CO)[C@@H](O)[C@H](O)[C@H]1O[C@H]1C[C@](C)(N)[C@H](O)[C@H](C)O1)Oc1ccc(cc1/C=C/CCCCCC)[C@@H](O)[C@@H](NC(=O)[C@@H](CC(C)C)NC)C(=O)N[C@@H](CC(N)=O)C(=O)N[C@H]3C(=O)N[C@H]1C(=O)N[C@H](C(=O)N[C@H](C(=O)O)c3cc(O)cc(O)c3-c3cc1ccc3O)[C@@H]2O. The molecule has 622 valence electrons. The minimum absolute atomic E-state index is 0.0169. The molecular weight excluding hydrogens is 1490 g/mol. The molecule has 7 heterocycles. The third kappa shape index (κ3) is 20.7. The van der Waals surface area contributed by atoms with E-state index < -0.39 is 221 Å². The van der Waals surface area contributed by atoms with Crippen LogP contribution in [0.2, 0.25) is 0 Å². The maximum Gasteiger partial charge on any atom is 0.330 e. The van der Waals surface area contributed by atoms with Gasteiger partial charge in [0.2, 0.25) is 53.4 Å². The number of ether oxygens (including phenoxy) is 6. The molecule has 0 radical (unpaired) electrons. The molecule has 18 atom stereocenters. The fraction of sp³-hybridized carbons (Fsp3) is 0.488. The number of benzene rings is 5. The molecule has 0 aliphatic carbocycles. The first-order valence-electron chi connectivity index (χ1n) is 38.7. The zero-order valence-corrected chi connectivity index (χ0v) is 64.9. The van der Waals surface area contributed by atoms with Gasteiger partial charge in [-0.2, -0.15) is 0 Å². The summed E-state index contributed by atoms with van der Waals surface area (Å²) in [4.78, 5) is 120. The molecule has 7 aliphatic rings. The summed E-state index contributed by atoms with van der Waals surface area (Å²) in [7, 11) is 1.51. The Morgan fingerprint density at radius 2 is 1.26 bits per heavy atom. The van der Waals surface area contributed by atoms with Gasteiger partial charge in [-0.3, -0.25) is 33.6 Å². The number of aliphatic carboxylic acids is 1. The highest BCUT2D eigenvalue weighted by Crippen LogP contribution is 2.50.